The third-order valence-electron chi connectivity index (χ3n) is 4.70. The second-order valence-corrected chi connectivity index (χ2v) is 8.24. The second kappa shape index (κ2) is 9.48. The Morgan fingerprint density at radius 2 is 1.87 bits per heavy atom. The van der Waals surface area contributed by atoms with Crippen molar-refractivity contribution in [3.8, 4) is 0 Å². The molecule has 1 aliphatic carbocycles. The highest BCUT2D eigenvalue weighted by atomic mass is 16.3. The van der Waals surface area contributed by atoms with E-state index >= 15 is 0 Å². The Hall–Kier alpha value is -0.810. The van der Waals surface area contributed by atoms with Gasteiger partial charge in [0.2, 0.25) is 0 Å². The van der Waals surface area contributed by atoms with Crippen LogP contribution >= 0.6 is 0 Å². The number of carbonyl (C=O) groups is 1. The average molecular weight is 328 g/mol. The number of carbonyl (C=O) groups excluding carboxylic acids is 1. The van der Waals surface area contributed by atoms with Crippen molar-refractivity contribution >= 4 is 6.03 Å². The van der Waals surface area contributed by atoms with Crippen LogP contribution in [0.1, 0.15) is 59.3 Å². The predicted molar refractivity (Wildman–Crippen MR) is 95.5 cm³/mol. The molecular weight excluding hydrogens is 290 g/mol. The van der Waals surface area contributed by atoms with Crippen LogP contribution < -0.4 is 10.6 Å². The molecule has 0 aromatic rings. The van der Waals surface area contributed by atoms with E-state index in [0.29, 0.717) is 18.9 Å². The summed E-state index contributed by atoms with van der Waals surface area (Å²) in [6, 6.07) is 0.125. The summed E-state index contributed by atoms with van der Waals surface area (Å²) in [7, 11) is 4.23. The Kier molecular flexibility index (Phi) is 8.34. The van der Waals surface area contributed by atoms with Crippen LogP contribution in [0.3, 0.4) is 0 Å². The molecule has 0 bridgehead atoms. The molecule has 1 atom stereocenters. The van der Waals surface area contributed by atoms with E-state index in [4.69, 9.17) is 0 Å². The Labute approximate surface area is 142 Å². The first-order valence-corrected chi connectivity index (χ1v) is 9.09. The van der Waals surface area contributed by atoms with E-state index in [0.717, 1.165) is 31.7 Å². The maximum atomic E-state index is 12.0. The summed E-state index contributed by atoms with van der Waals surface area (Å²) in [5.74, 6) is 1.32. The highest BCUT2D eigenvalue weighted by molar-refractivity contribution is 5.74. The van der Waals surface area contributed by atoms with E-state index in [2.05, 4.69) is 43.5 Å². The van der Waals surface area contributed by atoms with Crippen molar-refractivity contribution in [2.24, 2.45) is 11.8 Å². The molecular formula is C18H37N3O2. The minimum Gasteiger partial charge on any atom is -0.388 e. The lowest BCUT2D eigenvalue weighted by molar-refractivity contribution is 0.0475. The molecule has 1 unspecified atom stereocenters. The van der Waals surface area contributed by atoms with Crippen molar-refractivity contribution in [3.63, 3.8) is 0 Å². The van der Waals surface area contributed by atoms with E-state index < -0.39 is 5.60 Å². The Balaban J connectivity index is 2.22. The van der Waals surface area contributed by atoms with Crippen molar-refractivity contribution in [2.75, 3.05) is 27.2 Å². The average Bonchev–Trinajstić information content (AvgIpc) is 2.45. The quantitative estimate of drug-likeness (QED) is 0.642. The van der Waals surface area contributed by atoms with Crippen LogP contribution in [0, 0.1) is 11.8 Å². The lowest BCUT2D eigenvalue weighted by atomic mass is 9.86. The van der Waals surface area contributed by atoms with E-state index in [-0.39, 0.29) is 12.1 Å². The highest BCUT2D eigenvalue weighted by Crippen LogP contribution is 2.24. The van der Waals surface area contributed by atoms with Gasteiger partial charge < -0.3 is 20.6 Å². The van der Waals surface area contributed by atoms with Gasteiger partial charge in [-0.15, -0.1) is 0 Å². The molecule has 0 heterocycles. The summed E-state index contributed by atoms with van der Waals surface area (Å²) < 4.78 is 0. The van der Waals surface area contributed by atoms with Crippen LogP contribution in [0.5, 0.6) is 0 Å². The topological polar surface area (TPSA) is 64.6 Å². The lowest BCUT2D eigenvalue weighted by Gasteiger charge is -2.31. The van der Waals surface area contributed by atoms with Crippen molar-refractivity contribution in [2.45, 2.75) is 70.9 Å². The molecule has 0 aromatic heterocycles. The van der Waals surface area contributed by atoms with Crippen molar-refractivity contribution in [1.29, 1.82) is 0 Å². The van der Waals surface area contributed by atoms with Crippen LogP contribution in [-0.2, 0) is 0 Å². The molecule has 1 saturated carbocycles. The van der Waals surface area contributed by atoms with Gasteiger partial charge in [0.05, 0.1) is 5.60 Å². The van der Waals surface area contributed by atoms with Crippen molar-refractivity contribution in [3.05, 3.63) is 0 Å². The third-order valence-corrected chi connectivity index (χ3v) is 4.70. The number of hydrogen-bond donors (Lipinski definition) is 3. The van der Waals surface area contributed by atoms with E-state index in [1.165, 1.54) is 12.8 Å². The van der Waals surface area contributed by atoms with Gasteiger partial charge in [-0.3, -0.25) is 0 Å². The first kappa shape index (κ1) is 20.2. The summed E-state index contributed by atoms with van der Waals surface area (Å²) in [5, 5.41) is 16.2. The number of aliphatic hydroxyl groups is 1. The molecule has 2 amide bonds. The number of rotatable bonds is 8. The molecule has 23 heavy (non-hydrogen) atoms. The van der Waals surface area contributed by atoms with Gasteiger partial charge in [-0.05, 0) is 71.4 Å². The molecule has 5 nitrogen and oxygen atoms in total. The summed E-state index contributed by atoms with van der Waals surface area (Å²) >= 11 is 0. The Morgan fingerprint density at radius 1 is 1.26 bits per heavy atom. The SMILES string of the molecule is CC(C)CCC(C)(O)CNC(=O)NC1CCC(CN(C)C)CC1. The van der Waals surface area contributed by atoms with Gasteiger partial charge >= 0.3 is 6.03 Å². The smallest absolute Gasteiger partial charge is 0.315 e. The number of nitrogens with one attached hydrogen (secondary N) is 2. The molecule has 1 rings (SSSR count). The molecule has 0 aromatic carbocycles. The van der Waals surface area contributed by atoms with Gasteiger partial charge in [-0.25, -0.2) is 4.79 Å². The maximum Gasteiger partial charge on any atom is 0.315 e. The van der Waals surface area contributed by atoms with E-state index in [9.17, 15) is 9.90 Å². The molecule has 0 saturated heterocycles. The lowest BCUT2D eigenvalue weighted by Crippen LogP contribution is -2.48. The van der Waals surface area contributed by atoms with Gasteiger partial charge in [-0.2, -0.15) is 0 Å². The summed E-state index contributed by atoms with van der Waals surface area (Å²) in [4.78, 5) is 14.3. The fourth-order valence-electron chi connectivity index (χ4n) is 3.20. The molecule has 0 aliphatic heterocycles. The van der Waals surface area contributed by atoms with E-state index in [1.54, 1.807) is 6.92 Å². The highest BCUT2D eigenvalue weighted by Gasteiger charge is 2.24. The van der Waals surface area contributed by atoms with Gasteiger partial charge in [0, 0.05) is 19.1 Å². The largest absolute Gasteiger partial charge is 0.388 e. The zero-order valence-electron chi connectivity index (χ0n) is 15.7. The normalized spacial score (nSPS) is 24.5. The number of amides is 2. The van der Waals surface area contributed by atoms with Crippen LogP contribution in [-0.4, -0.2) is 54.9 Å². The van der Waals surface area contributed by atoms with E-state index in [1.807, 2.05) is 0 Å². The summed E-state index contributed by atoms with van der Waals surface area (Å²) in [5.41, 5.74) is -0.828. The minimum atomic E-state index is -0.828. The molecule has 0 radical (unpaired) electrons. The van der Waals surface area contributed by atoms with Crippen molar-refractivity contribution in [1.82, 2.24) is 15.5 Å². The fraction of sp³-hybridized carbons (Fsp3) is 0.944. The van der Waals surface area contributed by atoms with Gasteiger partial charge in [0.1, 0.15) is 0 Å². The maximum absolute atomic E-state index is 12.0. The van der Waals surface area contributed by atoms with Gasteiger partial charge in [-0.1, -0.05) is 13.8 Å². The molecule has 1 fully saturated rings. The Morgan fingerprint density at radius 3 is 2.39 bits per heavy atom. The molecule has 5 heteroatoms. The number of nitrogens with zero attached hydrogens (tertiary/aromatic N) is 1. The monoisotopic (exact) mass is 327 g/mol. The standard InChI is InChI=1S/C18H37N3O2/c1-14(2)10-11-18(3,23)13-19-17(22)20-16-8-6-15(7-9-16)12-21(4)5/h14-16,23H,6-13H2,1-5H3,(H2,19,20,22). The van der Waals surface area contributed by atoms with Crippen LogP contribution in [0.15, 0.2) is 0 Å². The first-order chi connectivity index (χ1) is 10.7. The predicted octanol–water partition coefficient (Wildman–Crippen LogP) is 2.59. The third kappa shape index (κ3) is 9.16. The first-order valence-electron chi connectivity index (χ1n) is 9.09. The zero-order chi connectivity index (χ0) is 17.5. The molecule has 136 valence electrons. The number of hydrogen-bond acceptors (Lipinski definition) is 3. The molecule has 1 aliphatic rings. The van der Waals surface area contributed by atoms with Crippen LogP contribution in [0.2, 0.25) is 0 Å². The van der Waals surface area contributed by atoms with Crippen LogP contribution in [0.25, 0.3) is 0 Å². The summed E-state index contributed by atoms with van der Waals surface area (Å²) in [6.45, 7) is 7.52. The second-order valence-electron chi connectivity index (χ2n) is 8.24. The molecule has 3 N–H and O–H groups in total. The van der Waals surface area contributed by atoms with Crippen molar-refractivity contribution < 1.29 is 9.90 Å². The number of urea groups is 1. The minimum absolute atomic E-state index is 0.147. The summed E-state index contributed by atoms with van der Waals surface area (Å²) in [6.07, 6.45) is 6.13. The van der Waals surface area contributed by atoms with Crippen LogP contribution in [0.4, 0.5) is 4.79 Å². The van der Waals surface area contributed by atoms with Gasteiger partial charge in [0.25, 0.3) is 0 Å². The molecule has 0 spiro atoms. The van der Waals surface area contributed by atoms with Gasteiger partial charge in [0.15, 0.2) is 0 Å². The Bertz CT molecular complexity index is 348. The zero-order valence-corrected chi connectivity index (χ0v) is 15.7. The fourth-order valence-corrected chi connectivity index (χ4v) is 3.20.